The van der Waals surface area contributed by atoms with Crippen LogP contribution in [0.25, 0.3) is 0 Å². The van der Waals surface area contributed by atoms with E-state index >= 15 is 0 Å². The molecule has 2 unspecified atom stereocenters. The van der Waals surface area contributed by atoms with Crippen molar-refractivity contribution in [2.45, 2.75) is 50.9 Å². The molecule has 2 aliphatic rings. The van der Waals surface area contributed by atoms with Crippen LogP contribution < -0.4 is 16.4 Å². The monoisotopic (exact) mass is 573 g/mol. The Morgan fingerprint density at radius 3 is 2.39 bits per heavy atom. The molecule has 4 amide bonds. The molecule has 41 heavy (non-hydrogen) atoms. The molecule has 0 aromatic heterocycles. The minimum absolute atomic E-state index is 0.0376. The van der Waals surface area contributed by atoms with Crippen LogP contribution in [0, 0.1) is 17.6 Å². The molecule has 4 rings (SSSR count). The van der Waals surface area contributed by atoms with E-state index in [9.17, 15) is 33.1 Å². The number of nitrogens with one attached hydrogen (secondary N) is 2. The van der Waals surface area contributed by atoms with Crippen molar-refractivity contribution in [3.05, 3.63) is 59.2 Å². The summed E-state index contributed by atoms with van der Waals surface area (Å²) in [5.74, 6) is -4.37. The van der Waals surface area contributed by atoms with Crippen molar-refractivity contribution in [3.63, 3.8) is 0 Å². The van der Waals surface area contributed by atoms with Crippen LogP contribution in [0.5, 0.6) is 0 Å². The second-order valence-corrected chi connectivity index (χ2v) is 10.3. The van der Waals surface area contributed by atoms with Crippen LogP contribution in [0.1, 0.15) is 30.9 Å². The van der Waals surface area contributed by atoms with Crippen molar-refractivity contribution in [1.29, 1.82) is 0 Å². The van der Waals surface area contributed by atoms with Crippen LogP contribution in [0.4, 0.5) is 25.0 Å². The number of rotatable bonds is 7. The number of carbonyl (C=O) groups is 4. The van der Waals surface area contributed by atoms with Crippen molar-refractivity contribution in [2.24, 2.45) is 5.92 Å². The Balaban J connectivity index is 1.68. The number of likely N-dealkylation sites (N-methyl/N-ethyl adjacent to an activating group) is 1. The van der Waals surface area contributed by atoms with E-state index in [-0.39, 0.29) is 18.9 Å². The second-order valence-electron chi connectivity index (χ2n) is 10.3. The molecule has 2 heterocycles. The Labute approximate surface area is 235 Å². The molecule has 0 aliphatic carbocycles. The predicted octanol–water partition coefficient (Wildman–Crippen LogP) is 2.35. The number of nitrogen functional groups attached to an aromatic ring is 1. The highest BCUT2D eigenvalue weighted by atomic mass is 19.1. The first-order valence-electron chi connectivity index (χ1n) is 13.2. The molecule has 3 atom stereocenters. The van der Waals surface area contributed by atoms with Gasteiger partial charge in [0.1, 0.15) is 35.4 Å². The zero-order chi connectivity index (χ0) is 29.8. The van der Waals surface area contributed by atoms with Gasteiger partial charge >= 0.3 is 6.09 Å². The molecule has 2 aromatic rings. The minimum Gasteiger partial charge on any atom is -0.465 e. The molecule has 11 nitrogen and oxygen atoms in total. The maximum atomic E-state index is 14.4. The standard InChI is InChI=1S/C28H33F2N5O6/c1-15(34(2)28(39)40)25(36)32-23(16-8-10-41-11-9-16)27(38)35-14-18-12-19(31)7-6-17(18)13-22(35)26(37)33-24-20(29)4-3-5-21(24)30/h3-7,12,15-16,22-23H,8-11,13-14,31H2,1-2H3,(H,32,36)(H,33,37)(H,39,40)/t15?,22?,23-/m0/s1. The third-order valence-corrected chi connectivity index (χ3v) is 7.72. The highest BCUT2D eigenvalue weighted by Crippen LogP contribution is 2.30. The fourth-order valence-corrected chi connectivity index (χ4v) is 5.12. The molecular weight excluding hydrogens is 540 g/mol. The van der Waals surface area contributed by atoms with Crippen molar-refractivity contribution in [3.8, 4) is 0 Å². The Kier molecular flexibility index (Phi) is 9.06. The molecule has 5 N–H and O–H groups in total. The Hall–Kier alpha value is -4.26. The van der Waals surface area contributed by atoms with E-state index < -0.39 is 59.3 Å². The number of nitrogens with zero attached hydrogens (tertiary/aromatic N) is 2. The average molecular weight is 574 g/mol. The highest BCUT2D eigenvalue weighted by molar-refractivity contribution is 5.99. The fourth-order valence-electron chi connectivity index (χ4n) is 5.12. The molecule has 0 saturated carbocycles. The van der Waals surface area contributed by atoms with Gasteiger partial charge in [-0.05, 0) is 61.1 Å². The Morgan fingerprint density at radius 1 is 1.10 bits per heavy atom. The molecule has 220 valence electrons. The van der Waals surface area contributed by atoms with Crippen LogP contribution in [0.3, 0.4) is 0 Å². The number of ether oxygens (including phenoxy) is 1. The molecule has 0 bridgehead atoms. The van der Waals surface area contributed by atoms with Crippen LogP contribution in [-0.4, -0.2) is 77.1 Å². The number of nitrogens with two attached hydrogens (primary N) is 1. The fraction of sp³-hybridized carbons (Fsp3) is 0.429. The van der Waals surface area contributed by atoms with Crippen LogP contribution >= 0.6 is 0 Å². The van der Waals surface area contributed by atoms with E-state index in [2.05, 4.69) is 10.6 Å². The summed E-state index contributed by atoms with van der Waals surface area (Å²) < 4.78 is 34.2. The highest BCUT2D eigenvalue weighted by Gasteiger charge is 2.42. The van der Waals surface area contributed by atoms with Crippen LogP contribution in [0.15, 0.2) is 36.4 Å². The summed E-state index contributed by atoms with van der Waals surface area (Å²) in [6.45, 7) is 2.06. The lowest BCUT2D eigenvalue weighted by molar-refractivity contribution is -0.146. The first kappa shape index (κ1) is 29.7. The summed E-state index contributed by atoms with van der Waals surface area (Å²) >= 11 is 0. The molecular formula is C28H33F2N5O6. The van der Waals surface area contributed by atoms with E-state index in [0.717, 1.165) is 22.6 Å². The first-order valence-corrected chi connectivity index (χ1v) is 13.2. The second kappa shape index (κ2) is 12.5. The summed E-state index contributed by atoms with van der Waals surface area (Å²) in [5, 5.41) is 14.3. The van der Waals surface area contributed by atoms with Gasteiger partial charge in [-0.2, -0.15) is 0 Å². The van der Waals surface area contributed by atoms with E-state index in [1.165, 1.54) is 24.9 Å². The molecule has 1 fully saturated rings. The van der Waals surface area contributed by atoms with Crippen molar-refractivity contribution in [1.82, 2.24) is 15.1 Å². The van der Waals surface area contributed by atoms with Gasteiger partial charge < -0.3 is 31.1 Å². The SMILES string of the molecule is CC(C(=O)N[C@H](C(=O)N1Cc2cc(N)ccc2CC1C(=O)Nc1c(F)cccc1F)C1CCOCC1)N(C)C(=O)O. The Bertz CT molecular complexity index is 1310. The average Bonchev–Trinajstić information content (AvgIpc) is 2.96. The quantitative estimate of drug-likeness (QED) is 0.371. The summed E-state index contributed by atoms with van der Waals surface area (Å²) in [6.07, 6.45) is -0.400. The van der Waals surface area contributed by atoms with Gasteiger partial charge in [-0.25, -0.2) is 13.6 Å². The largest absolute Gasteiger partial charge is 0.465 e. The van der Waals surface area contributed by atoms with Gasteiger partial charge in [0, 0.05) is 38.9 Å². The predicted molar refractivity (Wildman–Crippen MR) is 145 cm³/mol. The summed E-state index contributed by atoms with van der Waals surface area (Å²) in [6, 6.07) is 4.88. The molecule has 13 heteroatoms. The maximum absolute atomic E-state index is 14.4. The summed E-state index contributed by atoms with van der Waals surface area (Å²) in [4.78, 5) is 54.4. The first-order chi connectivity index (χ1) is 19.5. The van der Waals surface area contributed by atoms with Crippen molar-refractivity contribution in [2.75, 3.05) is 31.3 Å². The van der Waals surface area contributed by atoms with Crippen molar-refractivity contribution >= 4 is 35.2 Å². The number of benzene rings is 2. The summed E-state index contributed by atoms with van der Waals surface area (Å²) in [7, 11) is 1.24. The number of amides is 4. The number of anilines is 2. The van der Waals surface area contributed by atoms with Gasteiger partial charge in [0.05, 0.1) is 0 Å². The van der Waals surface area contributed by atoms with Gasteiger partial charge in [0.15, 0.2) is 0 Å². The van der Waals surface area contributed by atoms with Gasteiger partial charge in [-0.1, -0.05) is 12.1 Å². The number of halogens is 2. The maximum Gasteiger partial charge on any atom is 0.407 e. The number of hydrogen-bond acceptors (Lipinski definition) is 6. The number of fused-ring (bicyclic) bond motifs is 1. The minimum atomic E-state index is -1.32. The Morgan fingerprint density at radius 2 is 1.76 bits per heavy atom. The zero-order valence-corrected chi connectivity index (χ0v) is 22.7. The molecule has 2 aliphatic heterocycles. The van der Waals surface area contributed by atoms with Gasteiger partial charge in [-0.3, -0.25) is 19.3 Å². The lowest BCUT2D eigenvalue weighted by Crippen LogP contribution is -2.60. The molecule has 2 aromatic carbocycles. The number of para-hydroxylation sites is 1. The summed E-state index contributed by atoms with van der Waals surface area (Å²) in [5.41, 5.74) is 7.22. The van der Waals surface area contributed by atoms with E-state index in [1.807, 2.05) is 0 Å². The number of carboxylic acid groups (broad SMARTS) is 1. The van der Waals surface area contributed by atoms with Gasteiger partial charge in [-0.15, -0.1) is 0 Å². The molecule has 1 saturated heterocycles. The smallest absolute Gasteiger partial charge is 0.407 e. The number of hydrogen-bond donors (Lipinski definition) is 4. The van der Waals surface area contributed by atoms with E-state index in [4.69, 9.17) is 10.5 Å². The molecule has 0 spiro atoms. The van der Waals surface area contributed by atoms with E-state index in [1.54, 1.807) is 18.2 Å². The molecule has 0 radical (unpaired) electrons. The van der Waals surface area contributed by atoms with Crippen LogP contribution in [-0.2, 0) is 32.1 Å². The number of carbonyl (C=O) groups excluding carboxylic acids is 3. The van der Waals surface area contributed by atoms with E-state index in [0.29, 0.717) is 37.3 Å². The zero-order valence-electron chi connectivity index (χ0n) is 22.7. The third kappa shape index (κ3) is 6.56. The normalized spacial score (nSPS) is 18.5. The lowest BCUT2D eigenvalue weighted by atomic mass is 9.87. The van der Waals surface area contributed by atoms with Crippen molar-refractivity contribution < 1.29 is 37.8 Å². The lowest BCUT2D eigenvalue weighted by Gasteiger charge is -2.40. The third-order valence-electron chi connectivity index (χ3n) is 7.72. The van der Waals surface area contributed by atoms with Crippen LogP contribution in [0.2, 0.25) is 0 Å². The van der Waals surface area contributed by atoms with Gasteiger partial charge in [0.2, 0.25) is 17.7 Å². The topological polar surface area (TPSA) is 154 Å². The van der Waals surface area contributed by atoms with Gasteiger partial charge in [0.25, 0.3) is 0 Å².